The molecule has 10 heteroatoms. The second-order valence-electron chi connectivity index (χ2n) is 9.14. The number of fused-ring (bicyclic) bond motifs is 2. The highest BCUT2D eigenvalue weighted by Gasteiger charge is 2.59. The summed E-state index contributed by atoms with van der Waals surface area (Å²) in [6, 6.07) is -0.240. The maximum absolute atomic E-state index is 12.6. The molecule has 5 rings (SSSR count). The summed E-state index contributed by atoms with van der Waals surface area (Å²) >= 11 is 0. The molecule has 0 radical (unpaired) electrons. The molecular weight excluding hydrogens is 388 g/mol. The summed E-state index contributed by atoms with van der Waals surface area (Å²) in [5, 5.41) is 9.66. The third-order valence-corrected chi connectivity index (χ3v) is 5.84. The van der Waals surface area contributed by atoms with Gasteiger partial charge in [0.2, 0.25) is 5.89 Å². The standard InChI is InChI=1S/C20H24N6O4/c1-20(2,3)29-19(28)25-8-12-13(9-25)16(12)17-23-15(30-24-17)10-26-18(27)11-5-4-6-21-14(11)7-22-26/h4-7,11-14,16H,8-10H2,1-3H3. The molecule has 3 aliphatic heterocycles. The van der Waals surface area contributed by atoms with Gasteiger partial charge in [-0.1, -0.05) is 11.2 Å². The number of carbonyl (C=O) groups is 2. The summed E-state index contributed by atoms with van der Waals surface area (Å²) in [5.41, 5.74) is -0.500. The molecule has 0 bridgehead atoms. The average Bonchev–Trinajstić information content (AvgIpc) is 3.05. The fraction of sp³-hybridized carbons (Fsp3) is 0.600. The van der Waals surface area contributed by atoms with Crippen molar-refractivity contribution in [2.75, 3.05) is 13.1 Å². The summed E-state index contributed by atoms with van der Waals surface area (Å²) in [6.07, 6.45) is 6.67. The van der Waals surface area contributed by atoms with Crippen LogP contribution in [0, 0.1) is 17.8 Å². The fourth-order valence-electron chi connectivity index (χ4n) is 4.36. The number of hydrogen-bond acceptors (Lipinski definition) is 8. The van der Waals surface area contributed by atoms with Crippen LogP contribution in [0.3, 0.4) is 0 Å². The normalized spacial score (nSPS) is 31.7. The number of carbonyl (C=O) groups excluding carboxylic acids is 2. The lowest BCUT2D eigenvalue weighted by molar-refractivity contribution is -0.135. The predicted octanol–water partition coefficient (Wildman–Crippen LogP) is 1.60. The van der Waals surface area contributed by atoms with E-state index in [0.717, 1.165) is 0 Å². The van der Waals surface area contributed by atoms with E-state index >= 15 is 0 Å². The predicted molar refractivity (Wildman–Crippen MR) is 106 cm³/mol. The number of dihydropyridines is 1. The van der Waals surface area contributed by atoms with Crippen LogP contribution in [0.25, 0.3) is 0 Å². The SMILES string of the molecule is CC(C)(C)OC(=O)N1CC2C(C1)C2c1noc(CN2N=CC3N=CC=CC3C2=O)n1. The summed E-state index contributed by atoms with van der Waals surface area (Å²) < 4.78 is 10.8. The van der Waals surface area contributed by atoms with E-state index in [1.165, 1.54) is 5.01 Å². The quantitative estimate of drug-likeness (QED) is 0.745. The molecule has 0 spiro atoms. The average molecular weight is 412 g/mol. The van der Waals surface area contributed by atoms with Crippen molar-refractivity contribution in [3.05, 3.63) is 23.9 Å². The second kappa shape index (κ2) is 6.75. The summed E-state index contributed by atoms with van der Waals surface area (Å²) in [6.45, 7) is 6.99. The van der Waals surface area contributed by atoms with Crippen molar-refractivity contribution < 1.29 is 18.8 Å². The molecule has 0 N–H and O–H groups in total. The topological polar surface area (TPSA) is 113 Å². The van der Waals surface area contributed by atoms with E-state index in [0.29, 0.717) is 36.6 Å². The van der Waals surface area contributed by atoms with E-state index in [1.807, 2.05) is 26.8 Å². The molecule has 1 saturated heterocycles. The van der Waals surface area contributed by atoms with Crippen molar-refractivity contribution in [1.82, 2.24) is 20.0 Å². The van der Waals surface area contributed by atoms with Crippen LogP contribution in [0.1, 0.15) is 38.4 Å². The molecule has 1 saturated carbocycles. The van der Waals surface area contributed by atoms with Gasteiger partial charge in [-0.15, -0.1) is 0 Å². The number of amides is 2. The van der Waals surface area contributed by atoms with Gasteiger partial charge in [0, 0.05) is 25.2 Å². The third-order valence-electron chi connectivity index (χ3n) is 5.84. The van der Waals surface area contributed by atoms with Gasteiger partial charge in [-0.25, -0.2) is 9.80 Å². The van der Waals surface area contributed by atoms with Gasteiger partial charge in [0.25, 0.3) is 5.91 Å². The van der Waals surface area contributed by atoms with Crippen molar-refractivity contribution in [3.63, 3.8) is 0 Å². The Morgan fingerprint density at radius 3 is 2.80 bits per heavy atom. The van der Waals surface area contributed by atoms with Gasteiger partial charge >= 0.3 is 6.09 Å². The maximum atomic E-state index is 12.6. The first-order chi connectivity index (χ1) is 14.3. The number of aliphatic imine (C=N–C) groups is 1. The maximum Gasteiger partial charge on any atom is 0.410 e. The zero-order valence-corrected chi connectivity index (χ0v) is 17.1. The number of nitrogens with zero attached hydrogens (tertiary/aromatic N) is 6. The van der Waals surface area contributed by atoms with Crippen LogP contribution in [-0.2, 0) is 16.1 Å². The highest BCUT2D eigenvalue weighted by molar-refractivity contribution is 5.92. The van der Waals surface area contributed by atoms with Crippen LogP contribution in [0.4, 0.5) is 4.79 Å². The Balaban J connectivity index is 1.18. The lowest BCUT2D eigenvalue weighted by Gasteiger charge is -2.28. The molecule has 10 nitrogen and oxygen atoms in total. The first-order valence-electron chi connectivity index (χ1n) is 10.2. The van der Waals surface area contributed by atoms with E-state index in [2.05, 4.69) is 20.2 Å². The Bertz CT molecular complexity index is 949. The zero-order valence-electron chi connectivity index (χ0n) is 17.1. The Hall–Kier alpha value is -3.04. The number of aromatic nitrogens is 2. The molecule has 4 atom stereocenters. The van der Waals surface area contributed by atoms with Crippen molar-refractivity contribution in [2.45, 2.75) is 44.9 Å². The summed E-state index contributed by atoms with van der Waals surface area (Å²) in [7, 11) is 0. The number of likely N-dealkylation sites (tertiary alicyclic amines) is 1. The minimum atomic E-state index is -0.500. The molecule has 2 amide bonds. The van der Waals surface area contributed by atoms with Crippen LogP contribution in [-0.4, -0.2) is 69.2 Å². The van der Waals surface area contributed by atoms with Gasteiger partial charge in [-0.2, -0.15) is 10.1 Å². The Morgan fingerprint density at radius 1 is 1.30 bits per heavy atom. The zero-order chi connectivity index (χ0) is 21.0. The Labute approximate surface area is 173 Å². The lowest BCUT2D eigenvalue weighted by Crippen LogP contribution is -2.42. The summed E-state index contributed by atoms with van der Waals surface area (Å²) in [4.78, 5) is 35.3. The molecule has 4 heterocycles. The molecule has 1 aromatic heterocycles. The van der Waals surface area contributed by atoms with Gasteiger partial charge in [0.1, 0.15) is 18.2 Å². The molecular formula is C20H24N6O4. The number of rotatable bonds is 3. The molecule has 4 aliphatic rings. The molecule has 1 aromatic rings. The lowest BCUT2D eigenvalue weighted by atomic mass is 9.96. The third kappa shape index (κ3) is 3.40. The number of piperidine rings is 1. The molecule has 158 valence electrons. The highest BCUT2D eigenvalue weighted by Crippen LogP contribution is 2.57. The van der Waals surface area contributed by atoms with Crippen LogP contribution in [0.15, 0.2) is 26.8 Å². The molecule has 2 fully saturated rings. The van der Waals surface area contributed by atoms with Crippen LogP contribution >= 0.6 is 0 Å². The van der Waals surface area contributed by atoms with Crippen LogP contribution < -0.4 is 0 Å². The van der Waals surface area contributed by atoms with E-state index in [-0.39, 0.29) is 36.4 Å². The van der Waals surface area contributed by atoms with Gasteiger partial charge in [-0.3, -0.25) is 9.79 Å². The Kier molecular flexibility index (Phi) is 4.26. The molecule has 0 aromatic carbocycles. The first kappa shape index (κ1) is 19.0. The van der Waals surface area contributed by atoms with Gasteiger partial charge in [0.05, 0.1) is 12.1 Å². The summed E-state index contributed by atoms with van der Waals surface area (Å²) in [5.74, 6) is 1.35. The van der Waals surface area contributed by atoms with E-state index in [4.69, 9.17) is 9.26 Å². The van der Waals surface area contributed by atoms with Crippen molar-refractivity contribution in [1.29, 1.82) is 0 Å². The van der Waals surface area contributed by atoms with Gasteiger partial charge in [-0.05, 0) is 38.7 Å². The fourth-order valence-corrected chi connectivity index (χ4v) is 4.36. The van der Waals surface area contributed by atoms with E-state index < -0.39 is 5.60 Å². The number of allylic oxidation sites excluding steroid dienone is 1. The number of hydrazone groups is 1. The minimum Gasteiger partial charge on any atom is -0.444 e. The molecule has 30 heavy (non-hydrogen) atoms. The smallest absolute Gasteiger partial charge is 0.410 e. The minimum absolute atomic E-state index is 0.133. The van der Waals surface area contributed by atoms with Gasteiger partial charge < -0.3 is 14.2 Å². The van der Waals surface area contributed by atoms with Gasteiger partial charge in [0.15, 0.2) is 5.82 Å². The van der Waals surface area contributed by atoms with Crippen molar-refractivity contribution >= 4 is 24.4 Å². The van der Waals surface area contributed by atoms with E-state index in [9.17, 15) is 9.59 Å². The number of ether oxygens (including phenoxy) is 1. The highest BCUT2D eigenvalue weighted by atomic mass is 16.6. The largest absolute Gasteiger partial charge is 0.444 e. The van der Waals surface area contributed by atoms with E-state index in [1.54, 1.807) is 23.4 Å². The first-order valence-corrected chi connectivity index (χ1v) is 10.2. The molecule has 1 aliphatic carbocycles. The monoisotopic (exact) mass is 412 g/mol. The van der Waals surface area contributed by atoms with Crippen LogP contribution in [0.5, 0.6) is 0 Å². The second-order valence-corrected chi connectivity index (χ2v) is 9.14. The van der Waals surface area contributed by atoms with Crippen molar-refractivity contribution in [3.8, 4) is 0 Å². The van der Waals surface area contributed by atoms with Crippen molar-refractivity contribution in [2.24, 2.45) is 27.8 Å². The molecule has 4 unspecified atom stereocenters. The Morgan fingerprint density at radius 2 is 2.07 bits per heavy atom. The number of hydrogen-bond donors (Lipinski definition) is 0. The van der Waals surface area contributed by atoms with Crippen LogP contribution in [0.2, 0.25) is 0 Å².